The first kappa shape index (κ1) is 26.1. The van der Waals surface area contributed by atoms with E-state index >= 15 is 0 Å². The van der Waals surface area contributed by atoms with Gasteiger partial charge in [-0.1, -0.05) is 26.0 Å². The summed E-state index contributed by atoms with van der Waals surface area (Å²) in [6.07, 6.45) is 3.57. The molecule has 1 aromatic carbocycles. The van der Waals surface area contributed by atoms with Gasteiger partial charge in [0.25, 0.3) is 5.91 Å². The SMILES string of the molecule is CC(C)CCC(=O)N1CCC(C2(Cc3cccc(F)c3)NC(=O)N(CCCN(C)C)C2=O)CC1. The van der Waals surface area contributed by atoms with E-state index in [9.17, 15) is 18.8 Å². The molecule has 34 heavy (non-hydrogen) atoms. The zero-order valence-corrected chi connectivity index (χ0v) is 21.0. The van der Waals surface area contributed by atoms with E-state index in [-0.39, 0.29) is 36.0 Å². The minimum atomic E-state index is -1.12. The van der Waals surface area contributed by atoms with Gasteiger partial charge in [-0.3, -0.25) is 14.5 Å². The highest BCUT2D eigenvalue weighted by atomic mass is 19.1. The lowest BCUT2D eigenvalue weighted by Crippen LogP contribution is -2.58. The molecule has 2 fully saturated rings. The van der Waals surface area contributed by atoms with Crippen LogP contribution in [0.15, 0.2) is 24.3 Å². The molecule has 0 bridgehead atoms. The zero-order chi connectivity index (χ0) is 24.9. The minimum Gasteiger partial charge on any atom is -0.343 e. The van der Waals surface area contributed by atoms with Gasteiger partial charge in [0.2, 0.25) is 5.91 Å². The Hall–Kier alpha value is -2.48. The van der Waals surface area contributed by atoms with Gasteiger partial charge in [-0.2, -0.15) is 0 Å². The van der Waals surface area contributed by atoms with Crippen LogP contribution in [0.3, 0.4) is 0 Å². The van der Waals surface area contributed by atoms with Gasteiger partial charge in [-0.15, -0.1) is 0 Å². The second-order valence-electron chi connectivity index (χ2n) is 10.4. The lowest BCUT2D eigenvalue weighted by molar-refractivity contribution is -0.136. The Labute approximate surface area is 202 Å². The Bertz CT molecular complexity index is 883. The predicted octanol–water partition coefficient (Wildman–Crippen LogP) is 3.29. The van der Waals surface area contributed by atoms with Crippen molar-refractivity contribution in [2.75, 3.05) is 40.3 Å². The molecule has 188 valence electrons. The van der Waals surface area contributed by atoms with Crippen molar-refractivity contribution in [2.45, 2.75) is 57.9 Å². The number of imide groups is 1. The lowest BCUT2D eigenvalue weighted by atomic mass is 9.73. The second kappa shape index (κ2) is 11.3. The number of benzene rings is 1. The molecule has 4 amide bonds. The third kappa shape index (κ3) is 6.14. The molecule has 2 aliphatic heterocycles. The molecule has 0 saturated carbocycles. The zero-order valence-electron chi connectivity index (χ0n) is 21.0. The maximum Gasteiger partial charge on any atom is 0.325 e. The summed E-state index contributed by atoms with van der Waals surface area (Å²) < 4.78 is 13.9. The van der Waals surface area contributed by atoms with E-state index in [1.54, 1.807) is 12.1 Å². The van der Waals surface area contributed by atoms with Crippen molar-refractivity contribution in [3.05, 3.63) is 35.6 Å². The van der Waals surface area contributed by atoms with Crippen LogP contribution < -0.4 is 5.32 Å². The van der Waals surface area contributed by atoms with E-state index in [0.717, 1.165) is 13.0 Å². The molecular weight excluding hydrogens is 435 g/mol. The number of nitrogens with zero attached hydrogens (tertiary/aromatic N) is 3. The van der Waals surface area contributed by atoms with Crippen molar-refractivity contribution < 1.29 is 18.8 Å². The Morgan fingerprint density at radius 1 is 1.24 bits per heavy atom. The molecule has 1 N–H and O–H groups in total. The molecule has 0 radical (unpaired) electrons. The van der Waals surface area contributed by atoms with Gasteiger partial charge in [-0.25, -0.2) is 9.18 Å². The largest absolute Gasteiger partial charge is 0.343 e. The molecule has 1 aromatic rings. The number of rotatable bonds is 10. The van der Waals surface area contributed by atoms with Crippen LogP contribution in [0.4, 0.5) is 9.18 Å². The van der Waals surface area contributed by atoms with Gasteiger partial charge in [0.1, 0.15) is 11.4 Å². The Balaban J connectivity index is 1.78. The maximum atomic E-state index is 13.9. The highest BCUT2D eigenvalue weighted by Gasteiger charge is 2.55. The van der Waals surface area contributed by atoms with Crippen LogP contribution in [0.2, 0.25) is 0 Å². The summed E-state index contributed by atoms with van der Waals surface area (Å²) in [5.74, 6) is -0.0950. The van der Waals surface area contributed by atoms with Crippen LogP contribution >= 0.6 is 0 Å². The van der Waals surface area contributed by atoms with Crippen molar-refractivity contribution in [1.82, 2.24) is 20.0 Å². The highest BCUT2D eigenvalue weighted by molar-refractivity contribution is 6.07. The van der Waals surface area contributed by atoms with E-state index in [4.69, 9.17) is 0 Å². The first-order valence-corrected chi connectivity index (χ1v) is 12.4. The summed E-state index contributed by atoms with van der Waals surface area (Å²) in [6, 6.07) is 5.85. The molecule has 8 heteroatoms. The molecule has 2 heterocycles. The second-order valence-corrected chi connectivity index (χ2v) is 10.4. The summed E-state index contributed by atoms with van der Waals surface area (Å²) in [6.45, 7) is 6.46. The third-order valence-corrected chi connectivity index (χ3v) is 7.04. The van der Waals surface area contributed by atoms with E-state index in [0.29, 0.717) is 56.8 Å². The summed E-state index contributed by atoms with van der Waals surface area (Å²) >= 11 is 0. The first-order valence-electron chi connectivity index (χ1n) is 12.4. The highest BCUT2D eigenvalue weighted by Crippen LogP contribution is 2.37. The normalized spacial score (nSPS) is 21.6. The number of hydrogen-bond acceptors (Lipinski definition) is 4. The van der Waals surface area contributed by atoms with Crippen molar-refractivity contribution >= 4 is 17.8 Å². The molecule has 2 saturated heterocycles. The van der Waals surface area contributed by atoms with Crippen LogP contribution in [-0.2, 0) is 16.0 Å². The molecule has 3 rings (SSSR count). The number of nitrogens with one attached hydrogen (secondary N) is 1. The number of urea groups is 1. The van der Waals surface area contributed by atoms with Gasteiger partial charge < -0.3 is 15.1 Å². The van der Waals surface area contributed by atoms with E-state index < -0.39 is 5.54 Å². The molecule has 1 atom stereocenters. The lowest BCUT2D eigenvalue weighted by Gasteiger charge is -2.41. The maximum absolute atomic E-state index is 13.9. The van der Waals surface area contributed by atoms with E-state index in [1.165, 1.54) is 17.0 Å². The van der Waals surface area contributed by atoms with Crippen molar-refractivity contribution in [3.63, 3.8) is 0 Å². The number of halogens is 1. The first-order chi connectivity index (χ1) is 16.1. The quantitative estimate of drug-likeness (QED) is 0.528. The monoisotopic (exact) mass is 474 g/mol. The average Bonchev–Trinajstić information content (AvgIpc) is 3.02. The molecule has 1 unspecified atom stereocenters. The average molecular weight is 475 g/mol. The van der Waals surface area contributed by atoms with E-state index in [2.05, 4.69) is 19.2 Å². The van der Waals surface area contributed by atoms with Gasteiger partial charge in [-0.05, 0) is 75.9 Å². The minimum absolute atomic E-state index is 0.125. The van der Waals surface area contributed by atoms with Crippen molar-refractivity contribution in [3.8, 4) is 0 Å². The van der Waals surface area contributed by atoms with Crippen molar-refractivity contribution in [2.24, 2.45) is 11.8 Å². The van der Waals surface area contributed by atoms with Gasteiger partial charge in [0.15, 0.2) is 0 Å². The standard InChI is InChI=1S/C26H39FN4O3/c1-19(2)9-10-23(32)30-15-11-21(12-16-30)26(18-20-7-5-8-22(27)17-20)24(33)31(25(34)28-26)14-6-13-29(3)4/h5,7-8,17,19,21H,6,9-16,18H2,1-4H3,(H,28,34). The fourth-order valence-corrected chi connectivity index (χ4v) is 5.09. The van der Waals surface area contributed by atoms with Crippen LogP contribution in [0.25, 0.3) is 0 Å². The summed E-state index contributed by atoms with van der Waals surface area (Å²) in [7, 11) is 3.91. The summed E-state index contributed by atoms with van der Waals surface area (Å²) in [4.78, 5) is 44.5. The number of likely N-dealkylation sites (tertiary alicyclic amines) is 1. The molecule has 0 aromatic heterocycles. The number of hydrogen-bond donors (Lipinski definition) is 1. The summed E-state index contributed by atoms with van der Waals surface area (Å²) in [5, 5.41) is 3.03. The predicted molar refractivity (Wildman–Crippen MR) is 130 cm³/mol. The fourth-order valence-electron chi connectivity index (χ4n) is 5.09. The van der Waals surface area contributed by atoms with Crippen molar-refractivity contribution in [1.29, 1.82) is 0 Å². The third-order valence-electron chi connectivity index (χ3n) is 7.04. The van der Waals surface area contributed by atoms with Crippen LogP contribution in [0.1, 0.15) is 51.5 Å². The van der Waals surface area contributed by atoms with Crippen LogP contribution in [0.5, 0.6) is 0 Å². The smallest absolute Gasteiger partial charge is 0.325 e. The van der Waals surface area contributed by atoms with Gasteiger partial charge >= 0.3 is 6.03 Å². The number of piperidine rings is 1. The molecule has 7 nitrogen and oxygen atoms in total. The Kier molecular flexibility index (Phi) is 8.68. The van der Waals surface area contributed by atoms with Crippen LogP contribution in [0, 0.1) is 17.7 Å². The molecule has 2 aliphatic rings. The summed E-state index contributed by atoms with van der Waals surface area (Å²) in [5.41, 5.74) is -0.435. The number of carbonyl (C=O) groups is 3. The van der Waals surface area contributed by atoms with Gasteiger partial charge in [0.05, 0.1) is 0 Å². The number of amides is 4. The molecular formula is C26H39FN4O3. The van der Waals surface area contributed by atoms with E-state index in [1.807, 2.05) is 23.9 Å². The fraction of sp³-hybridized carbons (Fsp3) is 0.654. The Morgan fingerprint density at radius 2 is 1.94 bits per heavy atom. The Morgan fingerprint density at radius 3 is 2.56 bits per heavy atom. The molecule has 0 aliphatic carbocycles. The topological polar surface area (TPSA) is 73.0 Å². The molecule has 0 spiro atoms. The number of carbonyl (C=O) groups excluding carboxylic acids is 3. The van der Waals surface area contributed by atoms with Gasteiger partial charge in [0, 0.05) is 32.5 Å². The van der Waals surface area contributed by atoms with Crippen LogP contribution in [-0.4, -0.2) is 78.4 Å².